The van der Waals surface area contributed by atoms with Crippen molar-refractivity contribution in [1.82, 2.24) is 9.99 Å². The number of aromatic nitrogens is 1. The molecule has 174 valence electrons. The number of alkyl halides is 4. The largest absolute Gasteiger partial charge is 0.374 e. The summed E-state index contributed by atoms with van der Waals surface area (Å²) in [4.78, 5) is 1.67. The Morgan fingerprint density at radius 1 is 1.15 bits per heavy atom. The number of rotatable bonds is 4. The van der Waals surface area contributed by atoms with Crippen molar-refractivity contribution in [2.24, 2.45) is 5.10 Å². The fourth-order valence-electron chi connectivity index (χ4n) is 4.89. The normalized spacial score (nSPS) is 18.9. The van der Waals surface area contributed by atoms with Gasteiger partial charge >= 0.3 is 0 Å². The predicted molar refractivity (Wildman–Crippen MR) is 119 cm³/mol. The first-order valence-corrected chi connectivity index (χ1v) is 10.5. The van der Waals surface area contributed by atoms with Crippen molar-refractivity contribution in [2.45, 2.75) is 51.9 Å². The van der Waals surface area contributed by atoms with Gasteiger partial charge in [0.25, 0.3) is 12.9 Å². The third-order valence-electron chi connectivity index (χ3n) is 6.26. The number of halogens is 5. The minimum Gasteiger partial charge on any atom is -0.374 e. The molecule has 5 nitrogen and oxygen atoms in total. The second-order valence-corrected chi connectivity index (χ2v) is 8.85. The Hall–Kier alpha value is -3.30. The van der Waals surface area contributed by atoms with Crippen molar-refractivity contribution in [2.75, 3.05) is 10.2 Å². The van der Waals surface area contributed by atoms with Gasteiger partial charge in [-0.15, -0.1) is 0 Å². The molecule has 3 aromatic rings. The summed E-state index contributed by atoms with van der Waals surface area (Å²) in [5.41, 5.74) is 2.66. The Bertz CT molecular complexity index is 1280. The summed E-state index contributed by atoms with van der Waals surface area (Å²) in [5, 5.41) is 7.81. The van der Waals surface area contributed by atoms with Gasteiger partial charge in [-0.2, -0.15) is 5.10 Å². The molecule has 5 rings (SSSR count). The Balaban J connectivity index is 1.80. The summed E-state index contributed by atoms with van der Waals surface area (Å²) in [5.74, 6) is -0.335. The summed E-state index contributed by atoms with van der Waals surface area (Å²) in [6.07, 6.45) is -4.58. The van der Waals surface area contributed by atoms with Crippen LogP contribution in [0.3, 0.4) is 0 Å². The van der Waals surface area contributed by atoms with Gasteiger partial charge in [-0.1, -0.05) is 12.1 Å². The summed E-state index contributed by atoms with van der Waals surface area (Å²) >= 11 is 0. The first-order chi connectivity index (χ1) is 15.6. The maximum atomic E-state index is 15.6. The molecule has 2 aliphatic rings. The van der Waals surface area contributed by atoms with Crippen LogP contribution in [0.25, 0.3) is 22.0 Å². The van der Waals surface area contributed by atoms with Crippen LogP contribution in [0.4, 0.5) is 33.3 Å². The molecule has 0 fully saturated rings. The van der Waals surface area contributed by atoms with Crippen molar-refractivity contribution in [1.29, 1.82) is 0 Å². The fourth-order valence-corrected chi connectivity index (χ4v) is 4.89. The van der Waals surface area contributed by atoms with Gasteiger partial charge in [0.2, 0.25) is 0 Å². The predicted octanol–water partition coefficient (Wildman–Crippen LogP) is 5.92. The van der Waals surface area contributed by atoms with E-state index >= 15 is 4.39 Å². The Kier molecular flexibility index (Phi) is 4.80. The van der Waals surface area contributed by atoms with Crippen LogP contribution < -0.4 is 15.6 Å². The lowest BCUT2D eigenvalue weighted by atomic mass is 9.89. The first kappa shape index (κ1) is 21.5. The van der Waals surface area contributed by atoms with Crippen molar-refractivity contribution in [3.63, 3.8) is 0 Å². The Morgan fingerprint density at radius 2 is 1.91 bits per heavy atom. The molecule has 10 heteroatoms. The Labute approximate surface area is 186 Å². The minimum atomic E-state index is -3.00. The lowest BCUT2D eigenvalue weighted by Crippen LogP contribution is -2.60. The van der Waals surface area contributed by atoms with Crippen LogP contribution in [0.1, 0.15) is 32.8 Å². The van der Waals surface area contributed by atoms with Crippen molar-refractivity contribution >= 4 is 28.1 Å². The highest BCUT2D eigenvalue weighted by Gasteiger charge is 2.46. The molecule has 1 atom stereocenters. The molecular formula is C23H22F5N5. The summed E-state index contributed by atoms with van der Waals surface area (Å²) in [7, 11) is 0. The van der Waals surface area contributed by atoms with Crippen molar-refractivity contribution in [3.05, 3.63) is 47.9 Å². The van der Waals surface area contributed by atoms with Crippen molar-refractivity contribution < 1.29 is 22.0 Å². The highest BCUT2D eigenvalue weighted by Crippen LogP contribution is 2.50. The molecule has 2 aliphatic heterocycles. The summed E-state index contributed by atoms with van der Waals surface area (Å²) < 4.78 is 72.2. The molecule has 0 spiro atoms. The van der Waals surface area contributed by atoms with Gasteiger partial charge in [0.1, 0.15) is 17.8 Å². The second-order valence-electron chi connectivity index (χ2n) is 8.85. The van der Waals surface area contributed by atoms with Crippen LogP contribution in [0.2, 0.25) is 0 Å². The van der Waals surface area contributed by atoms with Gasteiger partial charge in [-0.05, 0) is 44.5 Å². The maximum Gasteiger partial charge on any atom is 0.266 e. The molecular weight excluding hydrogens is 441 g/mol. The Morgan fingerprint density at radius 3 is 2.61 bits per heavy atom. The number of nitrogens with one attached hydrogen (secondary N) is 2. The zero-order valence-electron chi connectivity index (χ0n) is 18.1. The standard InChI is InChI=1S/C23H22F5N5/c1-11-30-31-22-23(2,3)29-15-9-14(24)18(19(21(27)28)20(15)33(11)22)13-5-4-6-16-12(13)7-8-32(16)10-17(25)26/h4-9,17,21-22,29,31H,10H2,1-3H3. The zero-order chi connectivity index (χ0) is 23.7. The van der Waals surface area contributed by atoms with E-state index in [9.17, 15) is 17.6 Å². The molecule has 3 heterocycles. The number of hydrazone groups is 1. The van der Waals surface area contributed by atoms with Gasteiger partial charge in [0.05, 0.1) is 29.0 Å². The minimum absolute atomic E-state index is 0.154. The summed E-state index contributed by atoms with van der Waals surface area (Å²) in [6, 6.07) is 7.47. The molecule has 2 N–H and O–H groups in total. The van der Waals surface area contributed by atoms with Gasteiger partial charge in [-0.3, -0.25) is 5.43 Å². The molecule has 33 heavy (non-hydrogen) atoms. The molecule has 0 amide bonds. The molecule has 0 bridgehead atoms. The quantitative estimate of drug-likeness (QED) is 0.472. The van der Waals surface area contributed by atoms with Gasteiger partial charge in [0.15, 0.2) is 0 Å². The van der Waals surface area contributed by atoms with Crippen LogP contribution in [-0.4, -0.2) is 28.5 Å². The molecule has 2 aromatic carbocycles. The molecule has 0 saturated carbocycles. The van der Waals surface area contributed by atoms with E-state index in [1.54, 1.807) is 30.0 Å². The smallest absolute Gasteiger partial charge is 0.266 e. The van der Waals surface area contributed by atoms with Crippen LogP contribution in [0, 0.1) is 5.82 Å². The van der Waals surface area contributed by atoms with Crippen molar-refractivity contribution in [3.8, 4) is 11.1 Å². The van der Waals surface area contributed by atoms with E-state index in [-0.39, 0.29) is 22.5 Å². The second kappa shape index (κ2) is 7.36. The van der Waals surface area contributed by atoms with Gasteiger partial charge in [0, 0.05) is 22.7 Å². The number of amidine groups is 1. The molecule has 0 aliphatic carbocycles. The molecule has 1 unspecified atom stereocenters. The van der Waals surface area contributed by atoms with E-state index in [2.05, 4.69) is 15.8 Å². The number of fused-ring (bicyclic) bond motifs is 4. The van der Waals surface area contributed by atoms with E-state index in [1.807, 2.05) is 13.8 Å². The van der Waals surface area contributed by atoms with E-state index in [0.29, 0.717) is 16.7 Å². The third kappa shape index (κ3) is 3.22. The van der Waals surface area contributed by atoms with Crippen LogP contribution in [0.15, 0.2) is 41.6 Å². The lowest BCUT2D eigenvalue weighted by Gasteiger charge is -2.46. The highest BCUT2D eigenvalue weighted by atomic mass is 19.3. The SMILES string of the molecule is CC1=NNC2N1c1c(cc(F)c(-c3cccc4c3ccn4CC(F)F)c1C(F)F)NC2(C)C. The average Bonchev–Trinajstić information content (AvgIpc) is 3.31. The van der Waals surface area contributed by atoms with E-state index < -0.39 is 42.5 Å². The van der Waals surface area contributed by atoms with Gasteiger partial charge in [-0.25, -0.2) is 22.0 Å². The number of benzene rings is 2. The first-order valence-electron chi connectivity index (χ1n) is 10.5. The van der Waals surface area contributed by atoms with E-state index in [0.717, 1.165) is 0 Å². The molecule has 0 radical (unpaired) electrons. The lowest BCUT2D eigenvalue weighted by molar-refractivity contribution is 0.128. The fraction of sp³-hybridized carbons (Fsp3) is 0.348. The zero-order valence-corrected chi connectivity index (χ0v) is 18.1. The number of anilines is 2. The summed E-state index contributed by atoms with van der Waals surface area (Å²) in [6.45, 7) is 4.89. The number of hydrogen-bond donors (Lipinski definition) is 2. The van der Waals surface area contributed by atoms with E-state index in [1.165, 1.54) is 22.9 Å². The third-order valence-corrected chi connectivity index (χ3v) is 6.26. The van der Waals surface area contributed by atoms with Gasteiger partial charge < -0.3 is 14.8 Å². The van der Waals surface area contributed by atoms with Crippen LogP contribution in [-0.2, 0) is 6.54 Å². The van der Waals surface area contributed by atoms with Crippen LogP contribution >= 0.6 is 0 Å². The van der Waals surface area contributed by atoms with E-state index in [4.69, 9.17) is 0 Å². The van der Waals surface area contributed by atoms with Crippen LogP contribution in [0.5, 0.6) is 0 Å². The topological polar surface area (TPSA) is 44.6 Å². The number of nitrogens with zero attached hydrogens (tertiary/aromatic N) is 3. The highest BCUT2D eigenvalue weighted by molar-refractivity contribution is 6.06. The molecule has 0 saturated heterocycles. The number of hydrogen-bond acceptors (Lipinski definition) is 4. The maximum absolute atomic E-state index is 15.6. The average molecular weight is 463 g/mol. The molecule has 1 aromatic heterocycles. The monoisotopic (exact) mass is 463 g/mol.